The fourth-order valence-corrected chi connectivity index (χ4v) is 1.89. The molecule has 1 nitrogen and oxygen atoms in total. The standard InChI is InChI=1S/C11H14FN.ClH/c1-2-11(13)7-9(11)8-5-3-4-6-10(8)12;/h3-6,9H,2,7,13H2,1H3;1H/t9-,11-;/m1./s1. The monoisotopic (exact) mass is 215 g/mol. The summed E-state index contributed by atoms with van der Waals surface area (Å²) in [7, 11) is 0. The highest BCUT2D eigenvalue weighted by Gasteiger charge is 2.50. The zero-order chi connectivity index (χ0) is 9.47. The van der Waals surface area contributed by atoms with Crippen molar-refractivity contribution in [2.45, 2.75) is 31.2 Å². The van der Waals surface area contributed by atoms with Crippen molar-refractivity contribution >= 4 is 12.4 Å². The molecule has 0 saturated heterocycles. The van der Waals surface area contributed by atoms with Crippen LogP contribution >= 0.6 is 12.4 Å². The molecule has 0 bridgehead atoms. The van der Waals surface area contributed by atoms with Crippen molar-refractivity contribution in [3.05, 3.63) is 35.6 Å². The van der Waals surface area contributed by atoms with Gasteiger partial charge in [0, 0.05) is 11.5 Å². The predicted octanol–water partition coefficient (Wildman–Crippen LogP) is 2.84. The fourth-order valence-electron chi connectivity index (χ4n) is 1.89. The number of benzene rings is 1. The maximum Gasteiger partial charge on any atom is 0.126 e. The minimum Gasteiger partial charge on any atom is -0.325 e. The highest BCUT2D eigenvalue weighted by atomic mass is 35.5. The molecule has 2 N–H and O–H groups in total. The van der Waals surface area contributed by atoms with Gasteiger partial charge in [-0.3, -0.25) is 0 Å². The summed E-state index contributed by atoms with van der Waals surface area (Å²) in [4.78, 5) is 0. The van der Waals surface area contributed by atoms with Crippen LogP contribution in [0.25, 0.3) is 0 Å². The summed E-state index contributed by atoms with van der Waals surface area (Å²) in [6.45, 7) is 2.06. The molecule has 14 heavy (non-hydrogen) atoms. The maximum absolute atomic E-state index is 13.3. The van der Waals surface area contributed by atoms with Crippen molar-refractivity contribution in [2.75, 3.05) is 0 Å². The lowest BCUT2D eigenvalue weighted by atomic mass is 10.0. The van der Waals surface area contributed by atoms with Crippen LogP contribution in [0.4, 0.5) is 4.39 Å². The fraction of sp³-hybridized carbons (Fsp3) is 0.455. The van der Waals surface area contributed by atoms with E-state index in [9.17, 15) is 4.39 Å². The smallest absolute Gasteiger partial charge is 0.126 e. The van der Waals surface area contributed by atoms with Crippen LogP contribution in [0.15, 0.2) is 24.3 Å². The molecule has 78 valence electrons. The first-order valence-electron chi connectivity index (χ1n) is 4.70. The Morgan fingerprint density at radius 2 is 2.14 bits per heavy atom. The maximum atomic E-state index is 13.3. The highest BCUT2D eigenvalue weighted by molar-refractivity contribution is 5.85. The van der Waals surface area contributed by atoms with Gasteiger partial charge in [-0.2, -0.15) is 0 Å². The topological polar surface area (TPSA) is 26.0 Å². The summed E-state index contributed by atoms with van der Waals surface area (Å²) in [5, 5.41) is 0. The molecule has 1 fully saturated rings. The van der Waals surface area contributed by atoms with E-state index in [1.54, 1.807) is 6.07 Å². The summed E-state index contributed by atoms with van der Waals surface area (Å²) in [6.07, 6.45) is 1.84. The van der Waals surface area contributed by atoms with Crippen molar-refractivity contribution < 1.29 is 4.39 Å². The molecule has 0 radical (unpaired) electrons. The van der Waals surface area contributed by atoms with Crippen LogP contribution in [-0.2, 0) is 0 Å². The van der Waals surface area contributed by atoms with Gasteiger partial charge in [-0.05, 0) is 24.5 Å². The number of halogens is 2. The molecular weight excluding hydrogens is 201 g/mol. The lowest BCUT2D eigenvalue weighted by molar-refractivity contribution is 0.583. The lowest BCUT2D eigenvalue weighted by Crippen LogP contribution is -2.23. The predicted molar refractivity (Wildman–Crippen MR) is 58.2 cm³/mol. The molecule has 3 heteroatoms. The molecule has 0 aliphatic heterocycles. The second-order valence-corrected chi connectivity index (χ2v) is 3.86. The van der Waals surface area contributed by atoms with Crippen LogP contribution < -0.4 is 5.73 Å². The van der Waals surface area contributed by atoms with Gasteiger partial charge in [0.1, 0.15) is 5.82 Å². The Labute approximate surface area is 89.9 Å². The third-order valence-corrected chi connectivity index (χ3v) is 3.06. The summed E-state index contributed by atoms with van der Waals surface area (Å²) >= 11 is 0. The van der Waals surface area contributed by atoms with E-state index in [4.69, 9.17) is 5.73 Å². The number of hydrogen-bond donors (Lipinski definition) is 1. The molecule has 0 heterocycles. The first kappa shape index (κ1) is 11.5. The van der Waals surface area contributed by atoms with E-state index in [2.05, 4.69) is 6.92 Å². The van der Waals surface area contributed by atoms with Gasteiger partial charge in [-0.15, -0.1) is 12.4 Å². The average Bonchev–Trinajstić information content (AvgIpc) is 2.80. The second kappa shape index (κ2) is 3.87. The molecule has 0 aromatic heterocycles. The van der Waals surface area contributed by atoms with Crippen LogP contribution in [0, 0.1) is 5.82 Å². The Hall–Kier alpha value is -0.600. The SMILES string of the molecule is CC[C@@]1(N)C[C@@H]1c1ccccc1F.Cl. The Morgan fingerprint density at radius 1 is 1.50 bits per heavy atom. The van der Waals surface area contributed by atoms with Crippen LogP contribution in [-0.4, -0.2) is 5.54 Å². The van der Waals surface area contributed by atoms with Gasteiger partial charge >= 0.3 is 0 Å². The molecule has 0 unspecified atom stereocenters. The number of hydrogen-bond acceptors (Lipinski definition) is 1. The lowest BCUT2D eigenvalue weighted by Gasteiger charge is -2.08. The zero-order valence-electron chi connectivity index (χ0n) is 8.16. The Kier molecular flexibility index (Phi) is 3.17. The first-order valence-corrected chi connectivity index (χ1v) is 4.70. The van der Waals surface area contributed by atoms with Gasteiger partial charge in [-0.25, -0.2) is 4.39 Å². The molecule has 0 spiro atoms. The third-order valence-electron chi connectivity index (χ3n) is 3.06. The Balaban J connectivity index is 0.000000980. The minimum absolute atomic E-state index is 0. The summed E-state index contributed by atoms with van der Waals surface area (Å²) in [5.74, 6) is 0.118. The molecule has 1 aliphatic rings. The largest absolute Gasteiger partial charge is 0.325 e. The minimum atomic E-state index is -0.137. The van der Waals surface area contributed by atoms with E-state index >= 15 is 0 Å². The zero-order valence-corrected chi connectivity index (χ0v) is 8.98. The van der Waals surface area contributed by atoms with Crippen LogP contribution in [0.3, 0.4) is 0 Å². The van der Waals surface area contributed by atoms with Gasteiger partial charge in [0.05, 0.1) is 0 Å². The van der Waals surface area contributed by atoms with Gasteiger partial charge in [0.25, 0.3) is 0 Å². The average molecular weight is 216 g/mol. The van der Waals surface area contributed by atoms with Crippen molar-refractivity contribution in [3.8, 4) is 0 Å². The second-order valence-electron chi connectivity index (χ2n) is 3.86. The van der Waals surface area contributed by atoms with E-state index in [0.29, 0.717) is 0 Å². The summed E-state index contributed by atoms with van der Waals surface area (Å²) in [6, 6.07) is 6.92. The summed E-state index contributed by atoms with van der Waals surface area (Å²) < 4.78 is 13.3. The van der Waals surface area contributed by atoms with E-state index in [1.807, 2.05) is 12.1 Å². The van der Waals surface area contributed by atoms with Crippen molar-refractivity contribution in [1.29, 1.82) is 0 Å². The van der Waals surface area contributed by atoms with Gasteiger partial charge in [0.2, 0.25) is 0 Å². The van der Waals surface area contributed by atoms with Crippen molar-refractivity contribution in [1.82, 2.24) is 0 Å². The van der Waals surface area contributed by atoms with E-state index in [0.717, 1.165) is 18.4 Å². The van der Waals surface area contributed by atoms with E-state index < -0.39 is 0 Å². The van der Waals surface area contributed by atoms with Gasteiger partial charge < -0.3 is 5.73 Å². The number of rotatable bonds is 2. The van der Waals surface area contributed by atoms with Crippen molar-refractivity contribution in [3.63, 3.8) is 0 Å². The van der Waals surface area contributed by atoms with E-state index in [-0.39, 0.29) is 29.7 Å². The molecule has 2 rings (SSSR count). The Morgan fingerprint density at radius 3 is 2.64 bits per heavy atom. The Bertz CT molecular complexity index is 329. The van der Waals surface area contributed by atoms with Gasteiger partial charge in [-0.1, -0.05) is 25.1 Å². The quantitative estimate of drug-likeness (QED) is 0.807. The van der Waals surface area contributed by atoms with E-state index in [1.165, 1.54) is 6.07 Å². The molecular formula is C11H15ClFN. The molecule has 1 aromatic rings. The molecule has 1 saturated carbocycles. The molecule has 0 amide bonds. The van der Waals surface area contributed by atoms with Crippen LogP contribution in [0.1, 0.15) is 31.2 Å². The first-order chi connectivity index (χ1) is 6.17. The third kappa shape index (κ3) is 1.77. The van der Waals surface area contributed by atoms with Crippen LogP contribution in [0.5, 0.6) is 0 Å². The molecule has 1 aromatic carbocycles. The normalized spacial score (nSPS) is 29.5. The number of nitrogens with two attached hydrogens (primary N) is 1. The van der Waals surface area contributed by atoms with Crippen LogP contribution in [0.2, 0.25) is 0 Å². The highest BCUT2D eigenvalue weighted by Crippen LogP contribution is 2.51. The van der Waals surface area contributed by atoms with Crippen molar-refractivity contribution in [2.24, 2.45) is 5.73 Å². The molecule has 2 atom stereocenters. The van der Waals surface area contributed by atoms with Gasteiger partial charge in [0.15, 0.2) is 0 Å². The summed E-state index contributed by atoms with van der Waals surface area (Å²) in [5.41, 5.74) is 6.67. The molecule has 1 aliphatic carbocycles.